The van der Waals surface area contributed by atoms with Crippen molar-refractivity contribution < 1.29 is 13.2 Å². The van der Waals surface area contributed by atoms with Gasteiger partial charge in [0, 0.05) is 12.2 Å². The molecule has 5 nitrogen and oxygen atoms in total. The van der Waals surface area contributed by atoms with Crippen LogP contribution >= 0.6 is 11.6 Å². The van der Waals surface area contributed by atoms with Gasteiger partial charge in [0.15, 0.2) is 0 Å². The van der Waals surface area contributed by atoms with E-state index in [9.17, 15) is 13.2 Å². The predicted octanol–water partition coefficient (Wildman–Crippen LogP) is 4.45. The fourth-order valence-electron chi connectivity index (χ4n) is 3.30. The number of nitrogens with one attached hydrogen (secondary N) is 2. The van der Waals surface area contributed by atoms with Gasteiger partial charge in [-0.05, 0) is 49.1 Å². The summed E-state index contributed by atoms with van der Waals surface area (Å²) in [6.07, 6.45) is 5.94. The first kappa shape index (κ1) is 19.7. The third-order valence-electron chi connectivity index (χ3n) is 4.79. The van der Waals surface area contributed by atoms with Gasteiger partial charge in [-0.3, -0.25) is 9.52 Å². The van der Waals surface area contributed by atoms with Crippen LogP contribution in [0.3, 0.4) is 0 Å². The Balaban J connectivity index is 1.71. The number of carbonyl (C=O) groups is 1. The van der Waals surface area contributed by atoms with Crippen molar-refractivity contribution >= 4 is 33.2 Å². The number of rotatable bonds is 6. The van der Waals surface area contributed by atoms with Crippen LogP contribution in [0.25, 0.3) is 0 Å². The summed E-state index contributed by atoms with van der Waals surface area (Å²) in [6.45, 7) is 0.620. The maximum absolute atomic E-state index is 12.5. The minimum absolute atomic E-state index is 0.156. The van der Waals surface area contributed by atoms with Gasteiger partial charge in [0.05, 0.1) is 15.5 Å². The number of benzene rings is 2. The van der Waals surface area contributed by atoms with Gasteiger partial charge in [-0.2, -0.15) is 0 Å². The maximum atomic E-state index is 12.5. The molecule has 2 aromatic rings. The van der Waals surface area contributed by atoms with E-state index < -0.39 is 10.0 Å². The van der Waals surface area contributed by atoms with E-state index in [0.717, 1.165) is 12.8 Å². The molecule has 2 N–H and O–H groups in total. The van der Waals surface area contributed by atoms with Gasteiger partial charge in [0.2, 0.25) is 0 Å². The average molecular weight is 407 g/mol. The van der Waals surface area contributed by atoms with E-state index in [0.29, 0.717) is 23.2 Å². The number of amides is 1. The molecule has 0 aromatic heterocycles. The number of halogens is 1. The molecule has 27 heavy (non-hydrogen) atoms. The lowest BCUT2D eigenvalue weighted by molar-refractivity contribution is 0.0943. The molecule has 1 aliphatic carbocycles. The van der Waals surface area contributed by atoms with E-state index in [4.69, 9.17) is 11.6 Å². The number of carbonyl (C=O) groups excluding carboxylic acids is 1. The van der Waals surface area contributed by atoms with E-state index in [-0.39, 0.29) is 16.4 Å². The van der Waals surface area contributed by atoms with Gasteiger partial charge in [-0.1, -0.05) is 49.1 Å². The molecule has 3 rings (SSSR count). The third-order valence-corrected chi connectivity index (χ3v) is 6.52. The van der Waals surface area contributed by atoms with Gasteiger partial charge in [-0.25, -0.2) is 8.42 Å². The Morgan fingerprint density at radius 3 is 2.44 bits per heavy atom. The van der Waals surface area contributed by atoms with Gasteiger partial charge in [-0.15, -0.1) is 0 Å². The normalized spacial score (nSPS) is 15.3. The number of hydrogen-bond donors (Lipinski definition) is 2. The second-order valence-electron chi connectivity index (χ2n) is 6.83. The van der Waals surface area contributed by atoms with Crippen molar-refractivity contribution in [3.05, 3.63) is 59.1 Å². The molecular formula is C20H23ClN2O3S. The minimum atomic E-state index is -3.72. The fraction of sp³-hybridized carbons (Fsp3) is 0.350. The zero-order valence-corrected chi connectivity index (χ0v) is 16.5. The van der Waals surface area contributed by atoms with Crippen molar-refractivity contribution in [2.75, 3.05) is 11.3 Å². The molecule has 0 unspecified atom stereocenters. The molecule has 7 heteroatoms. The van der Waals surface area contributed by atoms with Gasteiger partial charge >= 0.3 is 0 Å². The van der Waals surface area contributed by atoms with Crippen molar-refractivity contribution in [1.82, 2.24) is 5.32 Å². The summed E-state index contributed by atoms with van der Waals surface area (Å²) < 4.78 is 27.4. The minimum Gasteiger partial charge on any atom is -0.352 e. The monoisotopic (exact) mass is 406 g/mol. The maximum Gasteiger partial charge on any atom is 0.261 e. The highest BCUT2D eigenvalue weighted by Crippen LogP contribution is 2.25. The molecule has 0 spiro atoms. The zero-order chi connectivity index (χ0) is 19.3. The van der Waals surface area contributed by atoms with Crippen LogP contribution in [-0.4, -0.2) is 20.9 Å². The van der Waals surface area contributed by atoms with Crippen molar-refractivity contribution in [1.29, 1.82) is 0 Å². The van der Waals surface area contributed by atoms with Gasteiger partial charge in [0.1, 0.15) is 0 Å². The lowest BCUT2D eigenvalue weighted by Gasteiger charge is -2.21. The van der Waals surface area contributed by atoms with Crippen LogP contribution in [0.2, 0.25) is 5.02 Å². The smallest absolute Gasteiger partial charge is 0.261 e. The quantitative estimate of drug-likeness (QED) is 0.744. The lowest BCUT2D eigenvalue weighted by atomic mass is 9.89. The first-order valence-corrected chi connectivity index (χ1v) is 11.0. The summed E-state index contributed by atoms with van der Waals surface area (Å²) in [4.78, 5) is 12.7. The summed E-state index contributed by atoms with van der Waals surface area (Å²) in [7, 11) is -3.72. The van der Waals surface area contributed by atoms with Crippen LogP contribution in [-0.2, 0) is 10.0 Å². The van der Waals surface area contributed by atoms with Gasteiger partial charge in [0.25, 0.3) is 15.9 Å². The lowest BCUT2D eigenvalue weighted by Crippen LogP contribution is -2.30. The zero-order valence-electron chi connectivity index (χ0n) is 14.9. The molecule has 1 fully saturated rings. The number of anilines is 1. The summed E-state index contributed by atoms with van der Waals surface area (Å²) >= 11 is 6.16. The van der Waals surface area contributed by atoms with E-state index in [1.54, 1.807) is 24.3 Å². The van der Waals surface area contributed by atoms with Crippen LogP contribution in [0.15, 0.2) is 53.4 Å². The van der Waals surface area contributed by atoms with Gasteiger partial charge < -0.3 is 5.32 Å². The SMILES string of the molecule is O=C(NCC1CCCCC1)c1cc(NS(=O)(=O)c2ccccc2)ccc1Cl. The molecule has 144 valence electrons. The van der Waals surface area contributed by atoms with Crippen molar-refractivity contribution in [3.8, 4) is 0 Å². The fourth-order valence-corrected chi connectivity index (χ4v) is 4.57. The Morgan fingerprint density at radius 2 is 1.74 bits per heavy atom. The summed E-state index contributed by atoms with van der Waals surface area (Å²) in [5.41, 5.74) is 0.562. The van der Waals surface area contributed by atoms with Crippen molar-refractivity contribution in [3.63, 3.8) is 0 Å². The second kappa shape index (κ2) is 8.76. The third kappa shape index (κ3) is 5.23. The first-order chi connectivity index (χ1) is 13.0. The Labute approximate surface area is 165 Å². The van der Waals surface area contributed by atoms with Crippen molar-refractivity contribution in [2.24, 2.45) is 5.92 Å². The molecule has 2 aromatic carbocycles. The van der Waals surface area contributed by atoms with E-state index in [1.165, 1.54) is 43.5 Å². The van der Waals surface area contributed by atoms with E-state index in [2.05, 4.69) is 10.0 Å². The standard InChI is InChI=1S/C20H23ClN2O3S/c21-19-12-11-16(23-27(25,26)17-9-5-2-6-10-17)13-18(19)20(24)22-14-15-7-3-1-4-8-15/h2,5-6,9-13,15,23H,1,3-4,7-8,14H2,(H,22,24). The predicted molar refractivity (Wildman–Crippen MR) is 108 cm³/mol. The molecule has 0 bridgehead atoms. The number of hydrogen-bond acceptors (Lipinski definition) is 3. The van der Waals surface area contributed by atoms with Crippen LogP contribution in [0.5, 0.6) is 0 Å². The second-order valence-corrected chi connectivity index (χ2v) is 8.92. The van der Waals surface area contributed by atoms with E-state index in [1.807, 2.05) is 0 Å². The highest BCUT2D eigenvalue weighted by Gasteiger charge is 2.18. The summed E-state index contributed by atoms with van der Waals surface area (Å²) in [5.74, 6) is 0.215. The average Bonchev–Trinajstić information content (AvgIpc) is 2.69. The molecule has 0 radical (unpaired) electrons. The molecule has 0 aliphatic heterocycles. The van der Waals surface area contributed by atoms with E-state index >= 15 is 0 Å². The molecule has 1 aliphatic rings. The Morgan fingerprint density at radius 1 is 1.04 bits per heavy atom. The molecular weight excluding hydrogens is 384 g/mol. The molecule has 1 amide bonds. The molecule has 0 atom stereocenters. The Hall–Kier alpha value is -2.05. The highest BCUT2D eigenvalue weighted by molar-refractivity contribution is 7.92. The number of sulfonamides is 1. The first-order valence-electron chi connectivity index (χ1n) is 9.11. The topological polar surface area (TPSA) is 75.3 Å². The van der Waals surface area contributed by atoms with Crippen LogP contribution in [0.1, 0.15) is 42.5 Å². The van der Waals surface area contributed by atoms with Crippen molar-refractivity contribution in [2.45, 2.75) is 37.0 Å². The Kier molecular flexibility index (Phi) is 6.39. The summed E-state index contributed by atoms with van der Waals surface area (Å²) in [6, 6.07) is 12.6. The van der Waals surface area contributed by atoms with Crippen LogP contribution in [0, 0.1) is 5.92 Å². The van der Waals surface area contributed by atoms with Crippen LogP contribution < -0.4 is 10.0 Å². The largest absolute Gasteiger partial charge is 0.352 e. The summed E-state index contributed by atoms with van der Waals surface area (Å²) in [5, 5.41) is 3.22. The highest BCUT2D eigenvalue weighted by atomic mass is 35.5. The Bertz CT molecular complexity index is 895. The molecule has 0 heterocycles. The molecule has 1 saturated carbocycles. The molecule has 0 saturated heterocycles. The van der Waals surface area contributed by atoms with Crippen LogP contribution in [0.4, 0.5) is 5.69 Å².